The Balaban J connectivity index is 1.90. The smallest absolute Gasteiger partial charge is 0.491 e. The molecule has 4 rings (SSSR count). The van der Waals surface area contributed by atoms with Crippen molar-refractivity contribution in [3.05, 3.63) is 84.1 Å². The van der Waals surface area contributed by atoms with Gasteiger partial charge in [0.15, 0.2) is 11.5 Å². The molecule has 1 unspecified atom stereocenters. The third-order valence-corrected chi connectivity index (χ3v) is 6.64. The van der Waals surface area contributed by atoms with Gasteiger partial charge in [-0.15, -0.1) is 0 Å². The Kier molecular flexibility index (Phi) is 10.5. The number of ether oxygens (including phenoxy) is 4. The Morgan fingerprint density at radius 1 is 0.913 bits per heavy atom. The second kappa shape index (κ2) is 14.3. The number of fused-ring (bicyclic) bond motifs is 1. The number of pyridine rings is 1. The van der Waals surface area contributed by atoms with Gasteiger partial charge in [0.2, 0.25) is 0 Å². The van der Waals surface area contributed by atoms with Crippen LogP contribution in [0.1, 0.15) is 38.8 Å². The van der Waals surface area contributed by atoms with Crippen LogP contribution in [-0.4, -0.2) is 42.4 Å². The van der Waals surface area contributed by atoms with Gasteiger partial charge in [0.25, 0.3) is 11.6 Å². The summed E-state index contributed by atoms with van der Waals surface area (Å²) in [5.74, 6) is -2.62. The first-order valence-electron chi connectivity index (χ1n) is 14.5. The first-order valence-corrected chi connectivity index (χ1v) is 14.5. The van der Waals surface area contributed by atoms with Gasteiger partial charge in [0.1, 0.15) is 11.6 Å². The number of rotatable bonds is 13. The Morgan fingerprint density at radius 2 is 1.63 bits per heavy atom. The fourth-order valence-electron chi connectivity index (χ4n) is 4.66. The molecule has 0 bridgehead atoms. The van der Waals surface area contributed by atoms with Crippen LogP contribution < -0.4 is 30.6 Å². The Morgan fingerprint density at radius 3 is 2.33 bits per heavy atom. The molecule has 0 saturated heterocycles. The van der Waals surface area contributed by atoms with Gasteiger partial charge >= 0.3 is 12.1 Å². The fraction of sp³-hybridized carbons (Fsp3) is 0.303. The molecule has 1 aromatic heterocycles. The van der Waals surface area contributed by atoms with Crippen molar-refractivity contribution >= 4 is 34.2 Å². The van der Waals surface area contributed by atoms with Crippen molar-refractivity contribution in [1.82, 2.24) is 10.3 Å². The van der Waals surface area contributed by atoms with E-state index in [1.807, 2.05) is 0 Å². The number of hydrogen-bond acceptors (Lipinski definition) is 9. The SMILES string of the molecule is CCOc1ccccc1CNC(=O)C(Nc1ccc2c(N)nccc2c1)(OC(=O)C(F)(F)F)c1ccc(OC(C)C)c(OCC)c1. The van der Waals surface area contributed by atoms with Crippen molar-refractivity contribution in [2.24, 2.45) is 0 Å². The van der Waals surface area contributed by atoms with E-state index in [9.17, 15) is 22.8 Å². The Bertz CT molecular complexity index is 1700. The summed E-state index contributed by atoms with van der Waals surface area (Å²) in [6, 6.07) is 17.1. The van der Waals surface area contributed by atoms with Crippen LogP contribution in [0.4, 0.5) is 24.7 Å². The van der Waals surface area contributed by atoms with E-state index in [1.54, 1.807) is 70.2 Å². The van der Waals surface area contributed by atoms with Crippen LogP contribution in [0.25, 0.3) is 10.8 Å². The number of nitrogens with two attached hydrogens (primary N) is 1. The van der Waals surface area contributed by atoms with E-state index < -0.39 is 23.8 Å². The predicted octanol–water partition coefficient (Wildman–Crippen LogP) is 6.09. The quantitative estimate of drug-likeness (QED) is 0.117. The summed E-state index contributed by atoms with van der Waals surface area (Å²) in [5, 5.41) is 6.55. The first-order chi connectivity index (χ1) is 21.9. The lowest BCUT2D eigenvalue weighted by Crippen LogP contribution is -2.54. The zero-order chi connectivity index (χ0) is 33.5. The van der Waals surface area contributed by atoms with E-state index in [1.165, 1.54) is 30.5 Å². The van der Waals surface area contributed by atoms with Gasteiger partial charge in [-0.2, -0.15) is 13.2 Å². The molecule has 13 heteroatoms. The molecule has 0 aliphatic carbocycles. The lowest BCUT2D eigenvalue weighted by atomic mass is 9.99. The second-order valence-electron chi connectivity index (χ2n) is 10.3. The van der Waals surface area contributed by atoms with Crippen LogP contribution in [0, 0.1) is 0 Å². The van der Waals surface area contributed by atoms with Crippen molar-refractivity contribution in [3.63, 3.8) is 0 Å². The standard InChI is InChI=1S/C33H35F3N4O6/c1-5-43-26-10-8-7-9-22(26)19-39-30(41)32(46-31(42)33(34,35)36,23-11-14-27(45-20(3)4)28(18-23)44-6-2)40-24-12-13-25-21(17-24)15-16-38-29(25)37/h7-18,20,40H,5-6,19H2,1-4H3,(H2,37,38)(H,39,41). The molecule has 244 valence electrons. The number of aromatic nitrogens is 1. The number of alkyl halides is 3. The second-order valence-corrected chi connectivity index (χ2v) is 10.3. The van der Waals surface area contributed by atoms with E-state index in [4.69, 9.17) is 24.7 Å². The molecule has 4 aromatic rings. The molecule has 0 radical (unpaired) electrons. The zero-order valence-electron chi connectivity index (χ0n) is 25.7. The predicted molar refractivity (Wildman–Crippen MR) is 166 cm³/mol. The van der Waals surface area contributed by atoms with Crippen LogP contribution in [0.3, 0.4) is 0 Å². The minimum Gasteiger partial charge on any atom is -0.494 e. The van der Waals surface area contributed by atoms with Crippen molar-refractivity contribution < 1.29 is 41.7 Å². The number of nitrogens with one attached hydrogen (secondary N) is 2. The van der Waals surface area contributed by atoms with Gasteiger partial charge in [-0.3, -0.25) is 4.79 Å². The van der Waals surface area contributed by atoms with Crippen LogP contribution in [0.5, 0.6) is 17.2 Å². The number of nitrogens with zero attached hydrogens (tertiary/aromatic N) is 1. The van der Waals surface area contributed by atoms with Gasteiger partial charge in [0, 0.05) is 34.9 Å². The lowest BCUT2D eigenvalue weighted by molar-refractivity contribution is -0.213. The first kappa shape index (κ1) is 33.7. The number of carbonyl (C=O) groups is 2. The summed E-state index contributed by atoms with van der Waals surface area (Å²) >= 11 is 0. The molecule has 46 heavy (non-hydrogen) atoms. The van der Waals surface area contributed by atoms with Crippen LogP contribution in [0.15, 0.2) is 72.9 Å². The number of carbonyl (C=O) groups excluding carboxylic acids is 2. The highest BCUT2D eigenvalue weighted by Crippen LogP contribution is 2.38. The number of nitrogen functional groups attached to an aromatic ring is 1. The highest BCUT2D eigenvalue weighted by molar-refractivity contribution is 5.95. The molecular weight excluding hydrogens is 605 g/mol. The summed E-state index contributed by atoms with van der Waals surface area (Å²) in [4.78, 5) is 30.9. The number of hydrogen-bond donors (Lipinski definition) is 3. The van der Waals surface area contributed by atoms with Crippen LogP contribution in [0.2, 0.25) is 0 Å². The molecule has 3 aromatic carbocycles. The molecule has 0 aliphatic rings. The van der Waals surface area contributed by atoms with Gasteiger partial charge in [-0.1, -0.05) is 18.2 Å². The fourth-order valence-corrected chi connectivity index (χ4v) is 4.66. The molecule has 1 amide bonds. The molecule has 4 N–H and O–H groups in total. The van der Waals surface area contributed by atoms with Crippen LogP contribution >= 0.6 is 0 Å². The lowest BCUT2D eigenvalue weighted by Gasteiger charge is -2.35. The summed E-state index contributed by atoms with van der Waals surface area (Å²) in [6.07, 6.45) is -4.26. The van der Waals surface area contributed by atoms with Crippen molar-refractivity contribution in [1.29, 1.82) is 0 Å². The van der Waals surface area contributed by atoms with Crippen molar-refractivity contribution in [2.45, 2.75) is 52.2 Å². The van der Waals surface area contributed by atoms with E-state index in [2.05, 4.69) is 15.6 Å². The third-order valence-electron chi connectivity index (χ3n) is 6.64. The third kappa shape index (κ3) is 7.71. The van der Waals surface area contributed by atoms with Gasteiger partial charge in [-0.25, -0.2) is 9.78 Å². The van der Waals surface area contributed by atoms with Crippen molar-refractivity contribution in [2.75, 3.05) is 24.3 Å². The molecule has 0 saturated carbocycles. The average Bonchev–Trinajstić information content (AvgIpc) is 3.00. The minimum atomic E-state index is -5.44. The zero-order valence-corrected chi connectivity index (χ0v) is 25.7. The minimum absolute atomic E-state index is 0.120. The normalized spacial score (nSPS) is 12.7. The van der Waals surface area contributed by atoms with Gasteiger partial charge < -0.3 is 35.3 Å². The molecular formula is C33H35F3N4O6. The van der Waals surface area contributed by atoms with E-state index in [0.29, 0.717) is 28.7 Å². The highest BCUT2D eigenvalue weighted by atomic mass is 19.4. The van der Waals surface area contributed by atoms with Crippen LogP contribution in [-0.2, 0) is 26.6 Å². The Labute approximate surface area is 264 Å². The largest absolute Gasteiger partial charge is 0.494 e. The molecule has 0 spiro atoms. The number of halogens is 3. The number of anilines is 2. The van der Waals surface area contributed by atoms with Crippen molar-refractivity contribution in [3.8, 4) is 17.2 Å². The molecule has 1 heterocycles. The highest BCUT2D eigenvalue weighted by Gasteiger charge is 2.52. The maximum atomic E-state index is 14.3. The molecule has 10 nitrogen and oxygen atoms in total. The monoisotopic (exact) mass is 640 g/mol. The van der Waals surface area contributed by atoms with Gasteiger partial charge in [-0.05, 0) is 81.6 Å². The average molecular weight is 641 g/mol. The van der Waals surface area contributed by atoms with E-state index in [0.717, 1.165) is 0 Å². The summed E-state index contributed by atoms with van der Waals surface area (Å²) in [5.41, 5.74) is 3.73. The topological polar surface area (TPSA) is 134 Å². The van der Waals surface area contributed by atoms with E-state index >= 15 is 0 Å². The maximum absolute atomic E-state index is 14.3. The summed E-state index contributed by atoms with van der Waals surface area (Å²) in [6.45, 7) is 7.41. The maximum Gasteiger partial charge on any atom is 0.491 e. The number of amides is 1. The Hall–Kier alpha value is -5.20. The number of benzene rings is 3. The summed E-state index contributed by atoms with van der Waals surface area (Å²) < 4.78 is 63.8. The summed E-state index contributed by atoms with van der Waals surface area (Å²) in [7, 11) is 0. The number of para-hydroxylation sites is 1. The molecule has 0 aliphatic heterocycles. The van der Waals surface area contributed by atoms with Gasteiger partial charge in [0.05, 0.1) is 19.3 Å². The molecule has 0 fully saturated rings. The number of esters is 1. The molecule has 1 atom stereocenters. The van der Waals surface area contributed by atoms with E-state index in [-0.39, 0.29) is 47.8 Å².